The summed E-state index contributed by atoms with van der Waals surface area (Å²) < 4.78 is 6.29. The van der Waals surface area contributed by atoms with Gasteiger partial charge in [-0.3, -0.25) is 9.69 Å². The van der Waals surface area contributed by atoms with Crippen molar-refractivity contribution in [3.63, 3.8) is 0 Å². The Kier molecular flexibility index (Phi) is 6.23. The number of hydrogen-bond donors (Lipinski definition) is 1. The van der Waals surface area contributed by atoms with Crippen LogP contribution in [0.15, 0.2) is 49.2 Å². The number of nitrogens with zero attached hydrogens (tertiary/aromatic N) is 2. The minimum atomic E-state index is -0.677. The van der Waals surface area contributed by atoms with Crippen LogP contribution in [0.3, 0.4) is 0 Å². The van der Waals surface area contributed by atoms with E-state index in [-0.39, 0.29) is 12.0 Å². The lowest BCUT2D eigenvalue weighted by atomic mass is 9.97. The molecule has 26 heavy (non-hydrogen) atoms. The van der Waals surface area contributed by atoms with E-state index in [9.17, 15) is 4.79 Å². The number of likely N-dealkylation sites (tertiary alicyclic amines) is 1. The monoisotopic (exact) mass is 354 g/mol. The number of aromatic nitrogens is 1. The first-order valence-corrected chi connectivity index (χ1v) is 9.24. The van der Waals surface area contributed by atoms with Crippen molar-refractivity contribution in [1.82, 2.24) is 9.88 Å². The van der Waals surface area contributed by atoms with E-state index in [1.54, 1.807) is 6.20 Å². The molecule has 0 unspecified atom stereocenters. The quantitative estimate of drug-likeness (QED) is 0.732. The third-order valence-corrected chi connectivity index (χ3v) is 5.01. The van der Waals surface area contributed by atoms with Gasteiger partial charge in [-0.25, -0.2) is 4.98 Å². The van der Waals surface area contributed by atoms with Gasteiger partial charge in [0.25, 0.3) is 0 Å². The molecule has 5 heteroatoms. The molecule has 1 atom stereocenters. The summed E-state index contributed by atoms with van der Waals surface area (Å²) in [5.41, 5.74) is 0. The van der Waals surface area contributed by atoms with E-state index in [4.69, 9.17) is 9.84 Å². The van der Waals surface area contributed by atoms with Gasteiger partial charge in [0.1, 0.15) is 6.10 Å². The molecular formula is C21H26N2O3. The summed E-state index contributed by atoms with van der Waals surface area (Å²) in [6, 6.07) is 10.1. The zero-order chi connectivity index (χ0) is 18.4. The van der Waals surface area contributed by atoms with Gasteiger partial charge in [-0.15, -0.1) is 6.58 Å². The summed E-state index contributed by atoms with van der Waals surface area (Å²) in [5.74, 6) is -0.222. The molecule has 2 heterocycles. The van der Waals surface area contributed by atoms with E-state index in [0.717, 1.165) is 43.2 Å². The Morgan fingerprint density at radius 2 is 2.12 bits per heavy atom. The molecule has 0 bridgehead atoms. The fraction of sp³-hybridized carbons (Fsp3) is 0.429. The van der Waals surface area contributed by atoms with E-state index in [1.165, 1.54) is 0 Å². The second-order valence-corrected chi connectivity index (χ2v) is 6.86. The van der Waals surface area contributed by atoms with Gasteiger partial charge in [-0.05, 0) is 56.3 Å². The first-order valence-electron chi connectivity index (χ1n) is 9.24. The molecule has 0 saturated carbocycles. The minimum Gasteiger partial charge on any atom is -0.481 e. The lowest BCUT2D eigenvalue weighted by molar-refractivity contribution is -0.143. The van der Waals surface area contributed by atoms with Gasteiger partial charge in [-0.1, -0.05) is 24.3 Å². The third kappa shape index (κ3) is 4.61. The first-order chi connectivity index (χ1) is 12.7. The number of carbonyl (C=O) groups is 1. The van der Waals surface area contributed by atoms with E-state index < -0.39 is 5.97 Å². The van der Waals surface area contributed by atoms with Crippen molar-refractivity contribution in [2.45, 2.75) is 31.8 Å². The van der Waals surface area contributed by atoms with Gasteiger partial charge in [0.2, 0.25) is 5.88 Å². The highest BCUT2D eigenvalue weighted by Crippen LogP contribution is 2.25. The van der Waals surface area contributed by atoms with Crippen molar-refractivity contribution in [2.75, 3.05) is 19.6 Å². The van der Waals surface area contributed by atoms with Crippen LogP contribution >= 0.6 is 0 Å². The fourth-order valence-electron chi connectivity index (χ4n) is 3.49. The van der Waals surface area contributed by atoms with Crippen molar-refractivity contribution in [3.8, 4) is 5.88 Å². The smallest absolute Gasteiger partial charge is 0.306 e. The maximum Gasteiger partial charge on any atom is 0.306 e. The Morgan fingerprint density at radius 3 is 2.85 bits per heavy atom. The van der Waals surface area contributed by atoms with Crippen LogP contribution < -0.4 is 4.74 Å². The Bertz CT molecular complexity index is 749. The second-order valence-electron chi connectivity index (χ2n) is 6.86. The third-order valence-electron chi connectivity index (χ3n) is 5.01. The average Bonchev–Trinajstić information content (AvgIpc) is 2.67. The number of rotatable bonds is 8. The largest absolute Gasteiger partial charge is 0.481 e. The van der Waals surface area contributed by atoms with E-state index in [0.29, 0.717) is 18.7 Å². The Hall–Kier alpha value is -2.40. The van der Waals surface area contributed by atoms with Crippen LogP contribution in [0.1, 0.15) is 25.7 Å². The summed E-state index contributed by atoms with van der Waals surface area (Å²) in [6.45, 7) is 6.20. The molecule has 1 aromatic heterocycles. The van der Waals surface area contributed by atoms with Gasteiger partial charge >= 0.3 is 5.97 Å². The predicted molar refractivity (Wildman–Crippen MR) is 102 cm³/mol. The zero-order valence-electron chi connectivity index (χ0n) is 15.0. The highest BCUT2D eigenvalue weighted by Gasteiger charge is 2.26. The van der Waals surface area contributed by atoms with Gasteiger partial charge in [0, 0.05) is 18.1 Å². The molecule has 1 N–H and O–H groups in total. The zero-order valence-corrected chi connectivity index (χ0v) is 15.0. The lowest BCUT2D eigenvalue weighted by Gasteiger charge is -2.32. The number of ether oxygens (including phenoxy) is 1. The minimum absolute atomic E-state index is 0.00711. The number of aliphatic carboxylic acids is 1. The summed E-state index contributed by atoms with van der Waals surface area (Å²) in [7, 11) is 0. The average molecular weight is 354 g/mol. The SMILES string of the molecule is C=CCC[C@@H](CN1CCC(C(=O)O)CC1)Oc1nccc2ccccc12. The number of carboxylic acid groups (broad SMARTS) is 1. The van der Waals surface area contributed by atoms with Crippen LogP contribution in [0.4, 0.5) is 0 Å². The predicted octanol–water partition coefficient (Wildman–Crippen LogP) is 3.75. The van der Waals surface area contributed by atoms with Gasteiger partial charge in [0.05, 0.1) is 5.92 Å². The van der Waals surface area contributed by atoms with Crippen molar-refractivity contribution in [3.05, 3.63) is 49.2 Å². The van der Waals surface area contributed by atoms with E-state index >= 15 is 0 Å². The molecule has 0 amide bonds. The highest BCUT2D eigenvalue weighted by molar-refractivity contribution is 5.86. The standard InChI is InChI=1S/C21H26N2O3/c1-2-3-7-18(15-23-13-10-17(11-14-23)21(24)25)26-20-19-8-5-4-6-16(19)9-12-22-20/h2,4-6,8-9,12,17-18H,1,3,7,10-11,13-15H2,(H,24,25)/t18-/m0/s1. The number of piperidine rings is 1. The Morgan fingerprint density at radius 1 is 1.35 bits per heavy atom. The van der Waals surface area contributed by atoms with Crippen LogP contribution in [0.2, 0.25) is 0 Å². The van der Waals surface area contributed by atoms with Gasteiger partial charge in [0.15, 0.2) is 0 Å². The highest BCUT2D eigenvalue weighted by atomic mass is 16.5. The van der Waals surface area contributed by atoms with Crippen molar-refractivity contribution >= 4 is 16.7 Å². The molecule has 3 rings (SSSR count). The molecule has 1 saturated heterocycles. The van der Waals surface area contributed by atoms with Gasteiger partial charge in [-0.2, -0.15) is 0 Å². The summed E-state index contributed by atoms with van der Waals surface area (Å²) in [5, 5.41) is 11.3. The maximum absolute atomic E-state index is 11.1. The number of pyridine rings is 1. The van der Waals surface area contributed by atoms with E-state index in [2.05, 4.69) is 22.5 Å². The first kappa shape index (κ1) is 18.4. The molecule has 1 aliphatic rings. The Balaban J connectivity index is 1.68. The topological polar surface area (TPSA) is 62.7 Å². The summed E-state index contributed by atoms with van der Waals surface area (Å²) in [6.07, 6.45) is 6.84. The molecule has 1 aromatic carbocycles. The second kappa shape index (κ2) is 8.81. The number of allylic oxidation sites excluding steroid dienone is 1. The Labute approximate surface area is 154 Å². The van der Waals surface area contributed by atoms with Crippen LogP contribution in [0.5, 0.6) is 5.88 Å². The summed E-state index contributed by atoms with van der Waals surface area (Å²) >= 11 is 0. The lowest BCUT2D eigenvalue weighted by Crippen LogP contribution is -2.42. The maximum atomic E-state index is 11.1. The van der Waals surface area contributed by atoms with Crippen LogP contribution in [0.25, 0.3) is 10.8 Å². The van der Waals surface area contributed by atoms with Crippen LogP contribution in [-0.2, 0) is 4.79 Å². The number of fused-ring (bicyclic) bond motifs is 1. The molecule has 2 aromatic rings. The molecule has 0 radical (unpaired) electrons. The van der Waals surface area contributed by atoms with Crippen LogP contribution in [-0.4, -0.2) is 46.7 Å². The molecule has 1 aliphatic heterocycles. The van der Waals surface area contributed by atoms with E-state index in [1.807, 2.05) is 30.3 Å². The number of hydrogen-bond acceptors (Lipinski definition) is 4. The molecule has 0 aliphatic carbocycles. The van der Waals surface area contributed by atoms with Crippen molar-refractivity contribution < 1.29 is 14.6 Å². The molecule has 1 fully saturated rings. The van der Waals surface area contributed by atoms with Gasteiger partial charge < -0.3 is 9.84 Å². The molecular weight excluding hydrogens is 328 g/mol. The number of benzene rings is 1. The summed E-state index contributed by atoms with van der Waals surface area (Å²) in [4.78, 5) is 17.9. The normalized spacial score (nSPS) is 17.1. The van der Waals surface area contributed by atoms with Crippen molar-refractivity contribution in [2.24, 2.45) is 5.92 Å². The molecule has 0 spiro atoms. The fourth-order valence-corrected chi connectivity index (χ4v) is 3.49. The molecule has 138 valence electrons. The number of carboxylic acids is 1. The van der Waals surface area contributed by atoms with Crippen LogP contribution in [0, 0.1) is 5.92 Å². The molecule has 5 nitrogen and oxygen atoms in total. The van der Waals surface area contributed by atoms with Crippen molar-refractivity contribution in [1.29, 1.82) is 0 Å².